The SMILES string of the molecule is CC(=O)CCCc1ccc(OC2CCCC(C)C2)cc1-c1cccc(F)c1. The van der Waals surface area contributed by atoms with Gasteiger partial charge >= 0.3 is 0 Å². The van der Waals surface area contributed by atoms with E-state index in [4.69, 9.17) is 4.74 Å². The molecule has 1 aliphatic carbocycles. The van der Waals surface area contributed by atoms with Gasteiger partial charge in [0.15, 0.2) is 0 Å². The molecule has 2 aromatic carbocycles. The van der Waals surface area contributed by atoms with E-state index in [1.54, 1.807) is 19.1 Å². The normalized spacial score (nSPS) is 19.7. The number of hydrogen-bond acceptors (Lipinski definition) is 2. The fourth-order valence-electron chi connectivity index (χ4n) is 3.98. The third-order valence-corrected chi connectivity index (χ3v) is 5.38. The number of ketones is 1. The molecule has 1 fully saturated rings. The fraction of sp³-hybridized carbons (Fsp3) is 0.458. The number of carbonyl (C=O) groups excluding carboxylic acids is 1. The molecule has 27 heavy (non-hydrogen) atoms. The molecule has 3 rings (SSSR count). The standard InChI is InChI=1S/C24H29FO2/c1-17-6-3-11-22(14-17)27-23-13-12-19(8-4-7-18(2)26)24(16-23)20-9-5-10-21(25)15-20/h5,9-10,12-13,15-17,22H,3-4,6-8,11,14H2,1-2H3. The lowest BCUT2D eigenvalue weighted by molar-refractivity contribution is -0.117. The zero-order valence-corrected chi connectivity index (χ0v) is 16.3. The smallest absolute Gasteiger partial charge is 0.129 e. The van der Waals surface area contributed by atoms with E-state index < -0.39 is 0 Å². The van der Waals surface area contributed by atoms with Crippen molar-refractivity contribution in [1.82, 2.24) is 0 Å². The minimum absolute atomic E-state index is 0.202. The molecule has 0 spiro atoms. The Labute approximate surface area is 161 Å². The minimum atomic E-state index is -0.241. The van der Waals surface area contributed by atoms with E-state index in [1.807, 2.05) is 18.2 Å². The zero-order valence-electron chi connectivity index (χ0n) is 16.3. The first-order valence-electron chi connectivity index (χ1n) is 10.1. The molecule has 1 aliphatic rings. The molecule has 0 aliphatic heterocycles. The fourth-order valence-corrected chi connectivity index (χ4v) is 3.98. The lowest BCUT2D eigenvalue weighted by atomic mass is 9.88. The van der Waals surface area contributed by atoms with Crippen molar-refractivity contribution in [2.75, 3.05) is 0 Å². The van der Waals surface area contributed by atoms with Crippen molar-refractivity contribution in [2.45, 2.75) is 64.9 Å². The lowest BCUT2D eigenvalue weighted by Crippen LogP contribution is -2.24. The van der Waals surface area contributed by atoms with Gasteiger partial charge in [-0.2, -0.15) is 0 Å². The Bertz CT molecular complexity index is 784. The van der Waals surface area contributed by atoms with Crippen LogP contribution in [0.5, 0.6) is 5.75 Å². The van der Waals surface area contributed by atoms with E-state index in [9.17, 15) is 9.18 Å². The quantitative estimate of drug-likeness (QED) is 0.568. The third-order valence-electron chi connectivity index (χ3n) is 5.38. The Morgan fingerprint density at radius 1 is 1.19 bits per heavy atom. The molecular weight excluding hydrogens is 339 g/mol. The first-order valence-corrected chi connectivity index (χ1v) is 10.1. The average molecular weight is 368 g/mol. The van der Waals surface area contributed by atoms with Crippen molar-refractivity contribution in [3.05, 3.63) is 53.8 Å². The molecule has 0 bridgehead atoms. The Kier molecular flexibility index (Phi) is 6.65. The second kappa shape index (κ2) is 9.16. The van der Waals surface area contributed by atoms with Crippen LogP contribution < -0.4 is 4.74 Å². The highest BCUT2D eigenvalue weighted by molar-refractivity contribution is 5.75. The molecule has 2 atom stereocenters. The van der Waals surface area contributed by atoms with Gasteiger partial charge in [-0.05, 0) is 85.9 Å². The summed E-state index contributed by atoms with van der Waals surface area (Å²) in [6, 6.07) is 12.8. The topological polar surface area (TPSA) is 26.3 Å². The highest BCUT2D eigenvalue weighted by Crippen LogP contribution is 2.32. The van der Waals surface area contributed by atoms with Crippen LogP contribution in [0.2, 0.25) is 0 Å². The third kappa shape index (κ3) is 5.66. The summed E-state index contributed by atoms with van der Waals surface area (Å²) >= 11 is 0. The molecule has 0 saturated heterocycles. The van der Waals surface area contributed by atoms with E-state index in [-0.39, 0.29) is 17.7 Å². The van der Waals surface area contributed by atoms with E-state index >= 15 is 0 Å². The summed E-state index contributed by atoms with van der Waals surface area (Å²) < 4.78 is 20.1. The first-order chi connectivity index (χ1) is 13.0. The van der Waals surface area contributed by atoms with E-state index in [1.165, 1.54) is 18.9 Å². The molecule has 144 valence electrons. The maximum absolute atomic E-state index is 13.8. The van der Waals surface area contributed by atoms with Crippen LogP contribution in [-0.2, 0) is 11.2 Å². The summed E-state index contributed by atoms with van der Waals surface area (Å²) in [5.41, 5.74) is 2.99. The number of rotatable bonds is 7. The van der Waals surface area contributed by atoms with Gasteiger partial charge in [-0.1, -0.05) is 31.5 Å². The maximum Gasteiger partial charge on any atom is 0.129 e. The molecule has 0 N–H and O–H groups in total. The number of benzene rings is 2. The first kappa shape index (κ1) is 19.6. The molecule has 2 unspecified atom stereocenters. The Morgan fingerprint density at radius 2 is 2.04 bits per heavy atom. The summed E-state index contributed by atoms with van der Waals surface area (Å²) in [6.07, 6.45) is 7.12. The summed E-state index contributed by atoms with van der Waals surface area (Å²) in [7, 11) is 0. The molecule has 0 radical (unpaired) electrons. The monoisotopic (exact) mass is 368 g/mol. The van der Waals surface area contributed by atoms with Crippen molar-refractivity contribution in [1.29, 1.82) is 0 Å². The summed E-state index contributed by atoms with van der Waals surface area (Å²) in [4.78, 5) is 11.3. The number of halogens is 1. The zero-order chi connectivity index (χ0) is 19.2. The molecular formula is C24H29FO2. The minimum Gasteiger partial charge on any atom is -0.490 e. The molecule has 0 heterocycles. The van der Waals surface area contributed by atoms with Gasteiger partial charge in [-0.15, -0.1) is 0 Å². The number of hydrogen-bond donors (Lipinski definition) is 0. The molecule has 0 amide bonds. The van der Waals surface area contributed by atoms with Crippen LogP contribution in [-0.4, -0.2) is 11.9 Å². The predicted octanol–water partition coefficient (Wildman–Crippen LogP) is 6.36. The van der Waals surface area contributed by atoms with Gasteiger partial charge in [0.05, 0.1) is 6.10 Å². The lowest BCUT2D eigenvalue weighted by Gasteiger charge is -2.27. The molecule has 1 saturated carbocycles. The Hall–Kier alpha value is -2.16. The number of ether oxygens (including phenoxy) is 1. The van der Waals surface area contributed by atoms with Crippen LogP contribution in [0, 0.1) is 11.7 Å². The number of aryl methyl sites for hydroxylation is 1. The summed E-state index contributed by atoms with van der Waals surface area (Å²) in [5.74, 6) is 1.52. The van der Waals surface area contributed by atoms with Gasteiger partial charge in [0.25, 0.3) is 0 Å². The summed E-state index contributed by atoms with van der Waals surface area (Å²) in [5, 5.41) is 0. The van der Waals surface area contributed by atoms with Gasteiger partial charge in [0.2, 0.25) is 0 Å². The molecule has 3 heteroatoms. The van der Waals surface area contributed by atoms with E-state index in [2.05, 4.69) is 13.0 Å². The Balaban J connectivity index is 1.84. The van der Waals surface area contributed by atoms with Gasteiger partial charge in [0.1, 0.15) is 17.3 Å². The van der Waals surface area contributed by atoms with Crippen LogP contribution >= 0.6 is 0 Å². The summed E-state index contributed by atoms with van der Waals surface area (Å²) in [6.45, 7) is 3.90. The second-order valence-corrected chi connectivity index (χ2v) is 7.90. The molecule has 2 nitrogen and oxygen atoms in total. The van der Waals surface area contributed by atoms with Gasteiger partial charge < -0.3 is 9.53 Å². The highest BCUT2D eigenvalue weighted by Gasteiger charge is 2.20. The second-order valence-electron chi connectivity index (χ2n) is 7.90. The van der Waals surface area contributed by atoms with E-state index in [0.717, 1.165) is 48.1 Å². The van der Waals surface area contributed by atoms with Gasteiger partial charge in [-0.3, -0.25) is 0 Å². The van der Waals surface area contributed by atoms with Crippen LogP contribution in [0.15, 0.2) is 42.5 Å². The highest BCUT2D eigenvalue weighted by atomic mass is 19.1. The van der Waals surface area contributed by atoms with Crippen molar-refractivity contribution in [2.24, 2.45) is 5.92 Å². The largest absolute Gasteiger partial charge is 0.490 e. The molecule has 2 aromatic rings. The van der Waals surface area contributed by atoms with Crippen molar-refractivity contribution in [3.8, 4) is 16.9 Å². The Morgan fingerprint density at radius 3 is 2.78 bits per heavy atom. The number of carbonyl (C=O) groups is 1. The predicted molar refractivity (Wildman–Crippen MR) is 108 cm³/mol. The number of Topliss-reactive ketones (excluding diaryl/α,β-unsaturated/α-hetero) is 1. The molecule has 0 aromatic heterocycles. The van der Waals surface area contributed by atoms with Crippen molar-refractivity contribution < 1.29 is 13.9 Å². The van der Waals surface area contributed by atoms with Crippen molar-refractivity contribution >= 4 is 5.78 Å². The maximum atomic E-state index is 13.8. The van der Waals surface area contributed by atoms with Gasteiger partial charge in [-0.25, -0.2) is 4.39 Å². The van der Waals surface area contributed by atoms with Crippen LogP contribution in [0.1, 0.15) is 57.9 Å². The average Bonchev–Trinajstić information content (AvgIpc) is 2.62. The van der Waals surface area contributed by atoms with Crippen LogP contribution in [0.25, 0.3) is 11.1 Å². The van der Waals surface area contributed by atoms with Crippen molar-refractivity contribution in [3.63, 3.8) is 0 Å². The van der Waals surface area contributed by atoms with Crippen LogP contribution in [0.3, 0.4) is 0 Å². The van der Waals surface area contributed by atoms with Crippen LogP contribution in [0.4, 0.5) is 4.39 Å². The van der Waals surface area contributed by atoms with Gasteiger partial charge in [0, 0.05) is 6.42 Å². The van der Waals surface area contributed by atoms with E-state index in [0.29, 0.717) is 12.3 Å².